The highest BCUT2D eigenvalue weighted by atomic mass is 16.6. The number of hydrogen-bond acceptors (Lipinski definition) is 9. The van der Waals surface area contributed by atoms with Crippen LogP contribution >= 0.6 is 0 Å². The second-order valence-corrected chi connectivity index (χ2v) is 14.5. The minimum Gasteiger partial charge on any atom is -0.497 e. The van der Waals surface area contributed by atoms with E-state index in [-0.39, 0.29) is 32.0 Å². The van der Waals surface area contributed by atoms with Crippen molar-refractivity contribution < 1.29 is 38.1 Å². The predicted octanol–water partition coefficient (Wildman–Crippen LogP) is 6.57. The molecule has 54 heavy (non-hydrogen) atoms. The average molecular weight is 742 g/mol. The van der Waals surface area contributed by atoms with Crippen molar-refractivity contribution in [3.63, 3.8) is 0 Å². The molecule has 2 fully saturated rings. The summed E-state index contributed by atoms with van der Waals surface area (Å²) < 4.78 is 23.1. The van der Waals surface area contributed by atoms with Gasteiger partial charge in [-0.2, -0.15) is 0 Å². The number of hydrogen-bond donors (Lipinski definition) is 2. The number of amides is 4. The van der Waals surface area contributed by atoms with Crippen LogP contribution in [-0.2, 0) is 19.1 Å². The smallest absolute Gasteiger partial charge is 0.429 e. The molecule has 13 nitrogen and oxygen atoms in total. The topological polar surface area (TPSA) is 149 Å². The van der Waals surface area contributed by atoms with Gasteiger partial charge < -0.3 is 29.2 Å². The molecule has 2 aliphatic rings. The highest BCUT2D eigenvalue weighted by molar-refractivity contribution is 5.95. The van der Waals surface area contributed by atoms with E-state index in [4.69, 9.17) is 23.9 Å². The number of rotatable bonds is 14. The van der Waals surface area contributed by atoms with Crippen molar-refractivity contribution in [1.82, 2.24) is 25.6 Å². The van der Waals surface area contributed by atoms with Gasteiger partial charge in [0.15, 0.2) is 0 Å². The van der Waals surface area contributed by atoms with E-state index in [1.54, 1.807) is 47.0 Å². The summed E-state index contributed by atoms with van der Waals surface area (Å²) in [4.78, 5) is 60.9. The lowest BCUT2D eigenvalue weighted by Gasteiger charge is -2.31. The molecule has 0 radical (unpaired) electrons. The van der Waals surface area contributed by atoms with Crippen LogP contribution in [-0.4, -0.2) is 89.0 Å². The molecular weight excluding hydrogens is 690 g/mol. The fraction of sp³-hybridized carbons (Fsp3) is 0.439. The van der Waals surface area contributed by atoms with E-state index in [2.05, 4.69) is 23.9 Å². The number of nitrogens with zero attached hydrogens (tertiary/aromatic N) is 3. The van der Waals surface area contributed by atoms with E-state index in [0.717, 1.165) is 23.4 Å². The Hall–Kier alpha value is -5.59. The quantitative estimate of drug-likeness (QED) is 0.0810. The number of ether oxygens (including phenoxy) is 4. The van der Waals surface area contributed by atoms with Crippen LogP contribution in [0.25, 0.3) is 22.2 Å². The van der Waals surface area contributed by atoms with E-state index in [0.29, 0.717) is 40.9 Å². The Morgan fingerprint density at radius 3 is 2.48 bits per heavy atom. The standard InChI is InChI=1S/C41H51N5O8/c1-8-11-12-16-21-46(39(50)54-40(4,5)6)44-38(49)45-26-30(23-34(45)36(47)43-41(25-28(41)9-2)37(48)52-10-3)53-35-24-32(27-17-14-13-15-18-27)42-33-22-29(51-7)19-20-31(33)35/h8-9,13-15,17-20,22,24,28,30,34H,1-2,10-12,16,21,23,25-26H2,3-7H3,(H,43,47)(H,44,49). The predicted molar refractivity (Wildman–Crippen MR) is 205 cm³/mol. The van der Waals surface area contributed by atoms with Crippen LogP contribution in [0.1, 0.15) is 59.8 Å². The number of carbonyl (C=O) groups is 4. The molecular formula is C41H51N5O8. The summed E-state index contributed by atoms with van der Waals surface area (Å²) in [6.07, 6.45) is 4.45. The van der Waals surface area contributed by atoms with Crippen molar-refractivity contribution >= 4 is 34.9 Å². The summed E-state index contributed by atoms with van der Waals surface area (Å²) in [5.74, 6) is -0.321. The molecule has 1 saturated heterocycles. The molecule has 0 spiro atoms. The van der Waals surface area contributed by atoms with Crippen molar-refractivity contribution in [2.24, 2.45) is 5.92 Å². The van der Waals surface area contributed by atoms with Gasteiger partial charge in [-0.05, 0) is 65.5 Å². The highest BCUT2D eigenvalue weighted by Gasteiger charge is 2.62. The van der Waals surface area contributed by atoms with Crippen LogP contribution in [0.5, 0.6) is 11.5 Å². The Bertz CT molecular complexity index is 1860. The number of pyridine rings is 1. The number of likely N-dealkylation sites (tertiary alicyclic amines) is 1. The monoisotopic (exact) mass is 741 g/mol. The number of allylic oxidation sites excluding steroid dienone is 1. The molecule has 1 aliphatic carbocycles. The Morgan fingerprint density at radius 2 is 1.83 bits per heavy atom. The molecule has 13 heteroatoms. The molecule has 1 aromatic heterocycles. The number of urea groups is 1. The summed E-state index contributed by atoms with van der Waals surface area (Å²) >= 11 is 0. The Kier molecular flexibility index (Phi) is 12.5. The van der Waals surface area contributed by atoms with Gasteiger partial charge >= 0.3 is 18.1 Å². The first kappa shape index (κ1) is 39.6. The summed E-state index contributed by atoms with van der Waals surface area (Å²) in [5.41, 5.74) is 2.77. The van der Waals surface area contributed by atoms with Crippen LogP contribution in [0.2, 0.25) is 0 Å². The maximum Gasteiger partial charge on any atom is 0.429 e. The van der Waals surface area contributed by atoms with Crippen molar-refractivity contribution in [1.29, 1.82) is 0 Å². The van der Waals surface area contributed by atoms with Gasteiger partial charge in [0.05, 0.1) is 31.5 Å². The van der Waals surface area contributed by atoms with Gasteiger partial charge in [-0.3, -0.25) is 4.79 Å². The van der Waals surface area contributed by atoms with Crippen molar-refractivity contribution in [3.8, 4) is 22.8 Å². The van der Waals surface area contributed by atoms with Gasteiger partial charge in [-0.25, -0.2) is 29.8 Å². The average Bonchev–Trinajstić information content (AvgIpc) is 3.70. The molecule has 2 aromatic carbocycles. The third-order valence-electron chi connectivity index (χ3n) is 9.34. The molecule has 2 N–H and O–H groups in total. The molecule has 0 bridgehead atoms. The molecule has 288 valence electrons. The van der Waals surface area contributed by atoms with Gasteiger partial charge in [0.25, 0.3) is 0 Å². The Balaban J connectivity index is 1.47. The van der Waals surface area contributed by atoms with E-state index < -0.39 is 47.3 Å². The lowest BCUT2D eigenvalue weighted by atomic mass is 10.1. The molecule has 1 aliphatic heterocycles. The van der Waals surface area contributed by atoms with Gasteiger partial charge in [-0.1, -0.05) is 42.5 Å². The number of hydrazine groups is 1. The van der Waals surface area contributed by atoms with Crippen LogP contribution < -0.4 is 20.2 Å². The summed E-state index contributed by atoms with van der Waals surface area (Å²) in [5, 5.41) is 4.73. The maximum absolute atomic E-state index is 14.2. The maximum atomic E-state index is 14.2. The van der Waals surface area contributed by atoms with Crippen LogP contribution in [0.15, 0.2) is 79.9 Å². The summed E-state index contributed by atoms with van der Waals surface area (Å²) in [7, 11) is 1.58. The zero-order chi connectivity index (χ0) is 39.0. The first-order valence-corrected chi connectivity index (χ1v) is 18.3. The Labute approximate surface area is 316 Å². The number of esters is 1. The Morgan fingerprint density at radius 1 is 1.07 bits per heavy atom. The number of aromatic nitrogens is 1. The summed E-state index contributed by atoms with van der Waals surface area (Å²) in [6, 6.07) is 15.2. The lowest BCUT2D eigenvalue weighted by molar-refractivity contribution is -0.149. The van der Waals surface area contributed by atoms with Gasteiger partial charge in [0, 0.05) is 42.0 Å². The number of carbonyl (C=O) groups excluding carboxylic acids is 4. The second kappa shape index (κ2) is 17.0. The zero-order valence-corrected chi connectivity index (χ0v) is 31.8. The zero-order valence-electron chi connectivity index (χ0n) is 31.8. The van der Waals surface area contributed by atoms with Crippen LogP contribution in [0.4, 0.5) is 9.59 Å². The SMILES string of the molecule is C=CCCCCN(NC(=O)N1CC(Oc2cc(-c3ccccc3)nc3cc(OC)ccc23)CC1C(=O)NC1(C(=O)OCC)CC1C=C)C(=O)OC(C)(C)C. The third kappa shape index (κ3) is 9.31. The minimum atomic E-state index is -1.28. The molecule has 3 aromatic rings. The molecule has 4 amide bonds. The molecule has 1 saturated carbocycles. The molecule has 5 rings (SSSR count). The molecule has 4 unspecified atom stereocenters. The third-order valence-corrected chi connectivity index (χ3v) is 9.34. The van der Waals surface area contributed by atoms with E-state index >= 15 is 0 Å². The van der Waals surface area contributed by atoms with Crippen LogP contribution in [0, 0.1) is 5.92 Å². The summed E-state index contributed by atoms with van der Waals surface area (Å²) in [6.45, 7) is 14.8. The normalized spacial score (nSPS) is 20.4. The first-order valence-electron chi connectivity index (χ1n) is 18.3. The molecule has 4 atom stereocenters. The van der Waals surface area contributed by atoms with Gasteiger partial charge in [0.1, 0.15) is 34.8 Å². The van der Waals surface area contributed by atoms with Crippen molar-refractivity contribution in [2.75, 3.05) is 26.8 Å². The number of benzene rings is 2. The fourth-order valence-corrected chi connectivity index (χ4v) is 6.51. The van der Waals surface area contributed by atoms with Gasteiger partial charge in [-0.15, -0.1) is 13.2 Å². The lowest BCUT2D eigenvalue weighted by Crippen LogP contribution is -2.58. The van der Waals surface area contributed by atoms with Crippen LogP contribution in [0.3, 0.4) is 0 Å². The highest BCUT2D eigenvalue weighted by Crippen LogP contribution is 2.46. The van der Waals surface area contributed by atoms with E-state index in [1.165, 1.54) is 4.90 Å². The van der Waals surface area contributed by atoms with E-state index in [1.807, 2.05) is 54.6 Å². The minimum absolute atomic E-state index is 0.0134. The largest absolute Gasteiger partial charge is 0.497 e. The fourth-order valence-electron chi connectivity index (χ4n) is 6.51. The van der Waals surface area contributed by atoms with Crippen molar-refractivity contribution in [3.05, 3.63) is 79.9 Å². The van der Waals surface area contributed by atoms with E-state index in [9.17, 15) is 19.2 Å². The number of fused-ring (bicyclic) bond motifs is 1. The van der Waals surface area contributed by atoms with Gasteiger partial charge in [0.2, 0.25) is 5.91 Å². The number of unbranched alkanes of at least 4 members (excludes halogenated alkanes) is 2. The molecule has 2 heterocycles. The second-order valence-electron chi connectivity index (χ2n) is 14.5. The number of methoxy groups -OCH3 is 1. The number of nitrogens with one attached hydrogen (secondary N) is 2. The first-order chi connectivity index (χ1) is 25.8. The van der Waals surface area contributed by atoms with Crippen molar-refractivity contribution in [2.45, 2.75) is 83.1 Å².